The van der Waals surface area contributed by atoms with Crippen molar-refractivity contribution in [1.82, 2.24) is 9.97 Å². The zero-order chi connectivity index (χ0) is 16.3. The lowest BCUT2D eigenvalue weighted by molar-refractivity contribution is 0.0954. The molecule has 118 valence electrons. The first-order chi connectivity index (χ1) is 11.0. The van der Waals surface area contributed by atoms with Gasteiger partial charge < -0.3 is 4.98 Å². The fourth-order valence-electron chi connectivity index (χ4n) is 3.70. The maximum atomic E-state index is 13.8. The van der Waals surface area contributed by atoms with Crippen LogP contribution >= 0.6 is 0 Å². The van der Waals surface area contributed by atoms with E-state index in [1.54, 1.807) is 6.07 Å². The van der Waals surface area contributed by atoms with Crippen LogP contribution in [-0.4, -0.2) is 15.8 Å². The van der Waals surface area contributed by atoms with Crippen LogP contribution in [0.1, 0.15) is 54.9 Å². The number of nitrogens with one attached hydrogen (secondary N) is 1. The maximum absolute atomic E-state index is 13.8. The van der Waals surface area contributed by atoms with Gasteiger partial charge in [-0.15, -0.1) is 0 Å². The van der Waals surface area contributed by atoms with Crippen LogP contribution in [0, 0.1) is 11.7 Å². The molecule has 1 aliphatic rings. The van der Waals surface area contributed by atoms with Crippen LogP contribution in [0.4, 0.5) is 4.39 Å². The number of benzene rings is 1. The summed E-state index contributed by atoms with van der Waals surface area (Å²) < 4.78 is 13.8. The predicted octanol–water partition coefficient (Wildman–Crippen LogP) is 4.74. The summed E-state index contributed by atoms with van der Waals surface area (Å²) >= 11 is 0. The van der Waals surface area contributed by atoms with E-state index in [-0.39, 0.29) is 17.5 Å². The van der Waals surface area contributed by atoms with Crippen LogP contribution < -0.4 is 0 Å². The van der Waals surface area contributed by atoms with E-state index in [1.165, 1.54) is 12.1 Å². The molecule has 23 heavy (non-hydrogen) atoms. The lowest BCUT2D eigenvalue weighted by Gasteiger charge is -2.22. The third-order valence-electron chi connectivity index (χ3n) is 4.71. The molecule has 0 bridgehead atoms. The van der Waals surface area contributed by atoms with E-state index in [0.717, 1.165) is 39.6 Å². The van der Waals surface area contributed by atoms with E-state index in [9.17, 15) is 9.18 Å². The van der Waals surface area contributed by atoms with Gasteiger partial charge in [-0.25, -0.2) is 4.39 Å². The zero-order valence-corrected chi connectivity index (χ0v) is 13.5. The highest BCUT2D eigenvalue weighted by atomic mass is 19.1. The number of hydrogen-bond acceptors (Lipinski definition) is 2. The van der Waals surface area contributed by atoms with E-state index in [1.807, 2.05) is 0 Å². The number of nitrogens with zero attached hydrogens (tertiary/aromatic N) is 1. The van der Waals surface area contributed by atoms with Crippen molar-refractivity contribution in [2.24, 2.45) is 5.92 Å². The lowest BCUT2D eigenvalue weighted by Crippen LogP contribution is -2.20. The smallest absolute Gasteiger partial charge is 0.165 e. The monoisotopic (exact) mass is 310 g/mol. The Hall–Kier alpha value is -2.23. The van der Waals surface area contributed by atoms with Crippen molar-refractivity contribution in [2.45, 2.75) is 39.5 Å². The predicted molar refractivity (Wildman–Crippen MR) is 89.5 cm³/mol. The molecule has 1 N–H and O–H groups in total. The van der Waals surface area contributed by atoms with Gasteiger partial charge in [-0.3, -0.25) is 9.78 Å². The van der Waals surface area contributed by atoms with Gasteiger partial charge in [0, 0.05) is 28.3 Å². The zero-order valence-electron chi connectivity index (χ0n) is 13.5. The van der Waals surface area contributed by atoms with Crippen molar-refractivity contribution in [2.75, 3.05) is 0 Å². The first kappa shape index (κ1) is 14.4. The summed E-state index contributed by atoms with van der Waals surface area (Å²) in [5.74, 6) is 0.373. The second-order valence-corrected chi connectivity index (χ2v) is 6.97. The van der Waals surface area contributed by atoms with Crippen molar-refractivity contribution < 1.29 is 9.18 Å². The molecule has 1 aliphatic carbocycles. The van der Waals surface area contributed by atoms with Crippen LogP contribution in [0.15, 0.2) is 18.2 Å². The van der Waals surface area contributed by atoms with Gasteiger partial charge in [0.05, 0.1) is 16.9 Å². The summed E-state index contributed by atoms with van der Waals surface area (Å²) in [4.78, 5) is 20.8. The van der Waals surface area contributed by atoms with Gasteiger partial charge in [0.25, 0.3) is 0 Å². The van der Waals surface area contributed by atoms with Crippen LogP contribution in [0.2, 0.25) is 0 Å². The topological polar surface area (TPSA) is 45.8 Å². The first-order valence-electron chi connectivity index (χ1n) is 8.12. The first-order valence-corrected chi connectivity index (χ1v) is 8.12. The summed E-state index contributed by atoms with van der Waals surface area (Å²) in [5, 5.41) is 1.63. The Labute approximate surface area is 133 Å². The van der Waals surface area contributed by atoms with E-state index in [0.29, 0.717) is 17.9 Å². The van der Waals surface area contributed by atoms with Gasteiger partial charge in [0.15, 0.2) is 5.78 Å². The minimum atomic E-state index is -0.285. The van der Waals surface area contributed by atoms with Crippen molar-refractivity contribution in [3.63, 3.8) is 0 Å². The summed E-state index contributed by atoms with van der Waals surface area (Å²) in [6, 6.07) is 4.69. The molecular weight excluding hydrogens is 291 g/mol. The molecule has 0 spiro atoms. The molecule has 2 aromatic heterocycles. The molecule has 1 aromatic carbocycles. The highest BCUT2D eigenvalue weighted by molar-refractivity contribution is 6.19. The van der Waals surface area contributed by atoms with Crippen molar-refractivity contribution in [3.05, 3.63) is 41.0 Å². The van der Waals surface area contributed by atoms with Crippen LogP contribution in [0.25, 0.3) is 21.8 Å². The van der Waals surface area contributed by atoms with Crippen LogP contribution in [0.3, 0.4) is 0 Å². The van der Waals surface area contributed by atoms with Gasteiger partial charge in [-0.1, -0.05) is 20.8 Å². The molecule has 0 radical (unpaired) electrons. The molecule has 3 nitrogen and oxygen atoms in total. The second-order valence-electron chi connectivity index (χ2n) is 6.97. The quantitative estimate of drug-likeness (QED) is 0.705. The molecular formula is C19H19FN2O. The molecule has 1 atom stereocenters. The molecule has 4 heteroatoms. The molecule has 1 unspecified atom stereocenters. The molecule has 0 saturated heterocycles. The number of Topliss-reactive ketones (excluding diaryl/α,β-unsaturated/α-hetero) is 1. The Morgan fingerprint density at radius 1 is 1.30 bits per heavy atom. The normalized spacial score (nSPS) is 18.1. The minimum Gasteiger partial charge on any atom is -0.353 e. The summed E-state index contributed by atoms with van der Waals surface area (Å²) in [7, 11) is 0. The van der Waals surface area contributed by atoms with Crippen LogP contribution in [0.5, 0.6) is 0 Å². The number of halogens is 1. The van der Waals surface area contributed by atoms with Gasteiger partial charge >= 0.3 is 0 Å². The molecule has 0 aliphatic heterocycles. The Balaban J connectivity index is 2.20. The van der Waals surface area contributed by atoms with Crippen molar-refractivity contribution >= 4 is 27.6 Å². The van der Waals surface area contributed by atoms with Crippen molar-refractivity contribution in [3.8, 4) is 0 Å². The third kappa shape index (κ3) is 2.08. The van der Waals surface area contributed by atoms with Crippen molar-refractivity contribution in [1.29, 1.82) is 0 Å². The Bertz CT molecular complexity index is 955. The fraction of sp³-hybridized carbons (Fsp3) is 0.368. The number of rotatable bonds is 1. The highest BCUT2D eigenvalue weighted by Gasteiger charge is 2.29. The largest absolute Gasteiger partial charge is 0.353 e. The molecule has 0 saturated carbocycles. The molecule has 0 fully saturated rings. The Kier molecular flexibility index (Phi) is 3.05. The number of pyridine rings is 1. The number of fused-ring (bicyclic) bond motifs is 5. The SMILES string of the molecule is CC1CC(=O)c2c(nc(C(C)C)c3[nH]c4ccc(F)cc4c23)C1. The van der Waals surface area contributed by atoms with E-state index in [2.05, 4.69) is 25.8 Å². The lowest BCUT2D eigenvalue weighted by atomic mass is 9.84. The summed E-state index contributed by atoms with van der Waals surface area (Å²) in [6.07, 6.45) is 1.34. The maximum Gasteiger partial charge on any atom is 0.165 e. The van der Waals surface area contributed by atoms with Gasteiger partial charge in [-0.2, -0.15) is 0 Å². The molecule has 2 heterocycles. The van der Waals surface area contributed by atoms with E-state index >= 15 is 0 Å². The number of hydrogen-bond donors (Lipinski definition) is 1. The number of H-pyrrole nitrogens is 1. The standard InChI is InChI=1S/C19H19FN2O/c1-9(2)18-19-16(12-8-11(20)4-5-13(12)21-19)17-14(22-18)6-10(3)7-15(17)23/h4-5,8-10,21H,6-7H2,1-3H3. The van der Waals surface area contributed by atoms with E-state index < -0.39 is 0 Å². The number of aromatic nitrogens is 2. The Morgan fingerprint density at radius 2 is 2.09 bits per heavy atom. The molecule has 0 amide bonds. The second kappa shape index (κ2) is 4.88. The number of carbonyl (C=O) groups excluding carboxylic acids is 1. The number of ketones is 1. The van der Waals surface area contributed by atoms with E-state index in [4.69, 9.17) is 4.98 Å². The van der Waals surface area contributed by atoms with Gasteiger partial charge in [-0.05, 0) is 36.5 Å². The van der Waals surface area contributed by atoms with Gasteiger partial charge in [0.1, 0.15) is 5.82 Å². The Morgan fingerprint density at radius 3 is 2.83 bits per heavy atom. The summed E-state index contributed by atoms with van der Waals surface area (Å²) in [5.41, 5.74) is 4.25. The molecule has 3 aromatic rings. The number of aromatic amines is 1. The molecule has 4 rings (SSSR count). The highest BCUT2D eigenvalue weighted by Crippen LogP contribution is 2.38. The average molecular weight is 310 g/mol. The minimum absolute atomic E-state index is 0.122. The summed E-state index contributed by atoms with van der Waals surface area (Å²) in [6.45, 7) is 6.26. The number of carbonyl (C=O) groups is 1. The van der Waals surface area contributed by atoms with Crippen LogP contribution in [-0.2, 0) is 6.42 Å². The fourth-order valence-corrected chi connectivity index (χ4v) is 3.70. The third-order valence-corrected chi connectivity index (χ3v) is 4.71. The average Bonchev–Trinajstić information content (AvgIpc) is 2.84. The van der Waals surface area contributed by atoms with Gasteiger partial charge in [0.2, 0.25) is 0 Å².